The van der Waals surface area contributed by atoms with Gasteiger partial charge >= 0.3 is 0 Å². The first-order valence-corrected chi connectivity index (χ1v) is 14.6. The SMILES string of the molecule is COc1cccc(OC(C)(C)C(=O)CC2NC2C[C@H]2CC3CC[C@H](C2)[C@H]3CC(=O)CCCC(C)(C)C)c1. The van der Waals surface area contributed by atoms with Gasteiger partial charge in [-0.1, -0.05) is 26.8 Å². The highest BCUT2D eigenvalue weighted by molar-refractivity contribution is 5.87. The second kappa shape index (κ2) is 11.5. The third-order valence-corrected chi connectivity index (χ3v) is 9.12. The van der Waals surface area contributed by atoms with Crippen molar-refractivity contribution >= 4 is 11.6 Å². The summed E-state index contributed by atoms with van der Waals surface area (Å²) in [6.07, 6.45) is 10.5. The number of ketones is 2. The summed E-state index contributed by atoms with van der Waals surface area (Å²) in [4.78, 5) is 25.8. The monoisotopic (exact) mass is 511 g/mol. The van der Waals surface area contributed by atoms with Gasteiger partial charge in [0.1, 0.15) is 17.3 Å². The number of benzene rings is 1. The molecule has 3 aliphatic rings. The molecule has 4 rings (SSSR count). The molecule has 1 saturated heterocycles. The van der Waals surface area contributed by atoms with Gasteiger partial charge in [-0.3, -0.25) is 9.59 Å². The predicted octanol–water partition coefficient (Wildman–Crippen LogP) is 6.77. The minimum absolute atomic E-state index is 0.129. The van der Waals surface area contributed by atoms with Gasteiger partial charge in [-0.2, -0.15) is 0 Å². The van der Waals surface area contributed by atoms with E-state index >= 15 is 0 Å². The van der Waals surface area contributed by atoms with Crippen LogP contribution in [-0.2, 0) is 9.59 Å². The van der Waals surface area contributed by atoms with Crippen LogP contribution >= 0.6 is 0 Å². The zero-order valence-electron chi connectivity index (χ0n) is 24.0. The van der Waals surface area contributed by atoms with Crippen LogP contribution in [0.5, 0.6) is 11.5 Å². The molecule has 2 saturated carbocycles. The van der Waals surface area contributed by atoms with Gasteiger partial charge < -0.3 is 14.8 Å². The molecule has 0 spiro atoms. The van der Waals surface area contributed by atoms with Crippen molar-refractivity contribution in [2.45, 2.75) is 117 Å². The molecule has 1 heterocycles. The van der Waals surface area contributed by atoms with E-state index in [-0.39, 0.29) is 11.8 Å². The second-order valence-electron chi connectivity index (χ2n) is 13.8. The molecule has 6 atom stereocenters. The Kier molecular flexibility index (Phi) is 8.72. The molecule has 5 heteroatoms. The normalized spacial score (nSPS) is 29.1. The van der Waals surface area contributed by atoms with Crippen LogP contribution in [0.3, 0.4) is 0 Å². The summed E-state index contributed by atoms with van der Waals surface area (Å²) < 4.78 is 11.3. The predicted molar refractivity (Wildman–Crippen MR) is 148 cm³/mol. The van der Waals surface area contributed by atoms with Crippen molar-refractivity contribution < 1.29 is 19.1 Å². The van der Waals surface area contributed by atoms with E-state index < -0.39 is 5.60 Å². The molecule has 0 radical (unpaired) electrons. The maximum Gasteiger partial charge on any atom is 0.177 e. The smallest absolute Gasteiger partial charge is 0.177 e. The van der Waals surface area contributed by atoms with Crippen molar-refractivity contribution in [3.05, 3.63) is 24.3 Å². The number of carbonyl (C=O) groups excluding carboxylic acids is 2. The lowest BCUT2D eigenvalue weighted by Gasteiger charge is -2.35. The summed E-state index contributed by atoms with van der Waals surface area (Å²) >= 11 is 0. The molecule has 2 bridgehead atoms. The van der Waals surface area contributed by atoms with E-state index in [1.165, 1.54) is 25.7 Å². The molecule has 1 N–H and O–H groups in total. The van der Waals surface area contributed by atoms with E-state index in [1.54, 1.807) is 7.11 Å². The molecule has 5 nitrogen and oxygen atoms in total. The Morgan fingerprint density at radius 3 is 2.30 bits per heavy atom. The van der Waals surface area contributed by atoms with E-state index in [4.69, 9.17) is 9.47 Å². The Bertz CT molecular complexity index is 934. The summed E-state index contributed by atoms with van der Waals surface area (Å²) in [6.45, 7) is 10.5. The maximum absolute atomic E-state index is 13.1. The highest BCUT2D eigenvalue weighted by Crippen LogP contribution is 2.52. The molecule has 0 aromatic heterocycles. The fourth-order valence-electron chi connectivity index (χ4n) is 6.96. The Morgan fingerprint density at radius 1 is 0.973 bits per heavy atom. The minimum atomic E-state index is -0.877. The van der Waals surface area contributed by atoms with E-state index in [9.17, 15) is 9.59 Å². The Balaban J connectivity index is 1.19. The molecule has 0 amide bonds. The Hall–Kier alpha value is -1.88. The van der Waals surface area contributed by atoms with Gasteiger partial charge in [0.05, 0.1) is 7.11 Å². The summed E-state index contributed by atoms with van der Waals surface area (Å²) in [6, 6.07) is 8.12. The Morgan fingerprint density at radius 2 is 1.65 bits per heavy atom. The van der Waals surface area contributed by atoms with Crippen LogP contribution in [0.25, 0.3) is 0 Å². The van der Waals surface area contributed by atoms with Gasteiger partial charge in [0, 0.05) is 37.4 Å². The summed E-state index contributed by atoms with van der Waals surface area (Å²) in [5.41, 5.74) is -0.562. The number of ether oxygens (including phenoxy) is 2. The average Bonchev–Trinajstić information content (AvgIpc) is 3.49. The summed E-state index contributed by atoms with van der Waals surface area (Å²) in [5, 5.41) is 3.58. The third-order valence-electron chi connectivity index (χ3n) is 9.12. The van der Waals surface area contributed by atoms with Gasteiger partial charge in [-0.25, -0.2) is 0 Å². The van der Waals surface area contributed by atoms with Crippen molar-refractivity contribution in [1.82, 2.24) is 5.32 Å². The van der Waals surface area contributed by atoms with Crippen LogP contribution in [0.15, 0.2) is 24.3 Å². The topological polar surface area (TPSA) is 74.5 Å². The largest absolute Gasteiger partial charge is 0.497 e. The van der Waals surface area contributed by atoms with Gasteiger partial charge in [0.25, 0.3) is 0 Å². The van der Waals surface area contributed by atoms with Crippen molar-refractivity contribution in [2.75, 3.05) is 7.11 Å². The van der Waals surface area contributed by atoms with Crippen LogP contribution in [0.4, 0.5) is 0 Å². The summed E-state index contributed by atoms with van der Waals surface area (Å²) in [5.74, 6) is 4.79. The lowest BCUT2D eigenvalue weighted by atomic mass is 9.70. The molecule has 3 unspecified atom stereocenters. The summed E-state index contributed by atoms with van der Waals surface area (Å²) in [7, 11) is 1.63. The van der Waals surface area contributed by atoms with E-state index in [0.29, 0.717) is 35.3 Å². The first-order chi connectivity index (χ1) is 17.4. The molecule has 37 heavy (non-hydrogen) atoms. The van der Waals surface area contributed by atoms with Crippen molar-refractivity contribution in [3.8, 4) is 11.5 Å². The lowest BCUT2D eigenvalue weighted by Crippen LogP contribution is -2.39. The number of rotatable bonds is 13. The van der Waals surface area contributed by atoms with Crippen molar-refractivity contribution in [2.24, 2.45) is 29.1 Å². The van der Waals surface area contributed by atoms with Gasteiger partial charge in [-0.05, 0) is 100 Å². The molecule has 1 aliphatic heterocycles. The molecule has 2 aliphatic carbocycles. The van der Waals surface area contributed by atoms with Gasteiger partial charge in [0.2, 0.25) is 0 Å². The highest BCUT2D eigenvalue weighted by Gasteiger charge is 2.47. The maximum atomic E-state index is 13.1. The third kappa shape index (κ3) is 7.81. The van der Waals surface area contributed by atoms with Crippen LogP contribution in [0, 0.1) is 29.1 Å². The number of methoxy groups -OCH3 is 1. The zero-order valence-corrected chi connectivity index (χ0v) is 24.0. The number of nitrogens with one attached hydrogen (secondary N) is 1. The number of Topliss-reactive ketones (excluding diaryl/α,β-unsaturated/α-hetero) is 2. The number of hydrogen-bond donors (Lipinski definition) is 1. The van der Waals surface area contributed by atoms with Crippen LogP contribution < -0.4 is 14.8 Å². The van der Waals surface area contributed by atoms with Gasteiger partial charge in [0.15, 0.2) is 11.4 Å². The number of hydrogen-bond acceptors (Lipinski definition) is 5. The van der Waals surface area contributed by atoms with E-state index in [1.807, 2.05) is 38.1 Å². The average molecular weight is 512 g/mol. The zero-order chi connectivity index (χ0) is 26.8. The molecule has 1 aromatic carbocycles. The molecular weight excluding hydrogens is 462 g/mol. The van der Waals surface area contributed by atoms with Crippen LogP contribution in [0.2, 0.25) is 0 Å². The lowest BCUT2D eigenvalue weighted by molar-refractivity contribution is -0.131. The van der Waals surface area contributed by atoms with Crippen molar-refractivity contribution in [3.63, 3.8) is 0 Å². The first-order valence-electron chi connectivity index (χ1n) is 14.6. The Labute approximate surface area is 224 Å². The van der Waals surface area contributed by atoms with E-state index in [2.05, 4.69) is 26.1 Å². The molecular formula is C32H49NO4. The quantitative estimate of drug-likeness (QED) is 0.296. The molecule has 1 aromatic rings. The van der Waals surface area contributed by atoms with Crippen molar-refractivity contribution in [1.29, 1.82) is 0 Å². The molecule has 206 valence electrons. The van der Waals surface area contributed by atoms with Crippen LogP contribution in [0.1, 0.15) is 98.8 Å². The second-order valence-corrected chi connectivity index (χ2v) is 13.8. The van der Waals surface area contributed by atoms with E-state index in [0.717, 1.165) is 55.6 Å². The number of fused-ring (bicyclic) bond motifs is 2. The number of carbonyl (C=O) groups is 2. The minimum Gasteiger partial charge on any atom is -0.497 e. The van der Waals surface area contributed by atoms with Gasteiger partial charge in [-0.15, -0.1) is 0 Å². The highest BCUT2D eigenvalue weighted by atomic mass is 16.5. The van der Waals surface area contributed by atoms with Crippen LogP contribution in [-0.4, -0.2) is 36.4 Å². The molecule has 3 fully saturated rings. The fraction of sp³-hybridized carbons (Fsp3) is 0.750. The first kappa shape index (κ1) is 28.1. The standard InChI is InChI=1S/C32H49NO4/c1-31(2,3)14-8-9-24(34)18-27-22-12-13-23(27)16-21(15-22)17-28-29(33-28)20-30(35)32(4,5)37-26-11-7-10-25(19-26)36-6/h7,10-11,19,21-23,27-29,33H,8-9,12-18,20H2,1-6H3/t21-,22-,23?,27-,28?,29?/m1/s1. The fourth-order valence-corrected chi connectivity index (χ4v) is 6.96.